The Hall–Kier alpha value is -1.55. The van der Waals surface area contributed by atoms with E-state index < -0.39 is 0 Å². The lowest BCUT2D eigenvalue weighted by Crippen LogP contribution is -2.36. The van der Waals surface area contributed by atoms with Gasteiger partial charge >= 0.3 is 0 Å². The summed E-state index contributed by atoms with van der Waals surface area (Å²) < 4.78 is 5.55. The van der Waals surface area contributed by atoms with Crippen molar-refractivity contribution in [1.29, 1.82) is 0 Å². The van der Waals surface area contributed by atoms with Crippen LogP contribution in [0, 0.1) is 0 Å². The number of carbonyl (C=O) groups is 1. The molecule has 0 aliphatic rings. The van der Waals surface area contributed by atoms with Crippen LogP contribution in [0.2, 0.25) is 0 Å². The average molecular weight is 278 g/mol. The zero-order chi connectivity index (χ0) is 14.8. The highest BCUT2D eigenvalue weighted by Crippen LogP contribution is 2.12. The Bertz CT molecular complexity index is 384. The minimum Gasteiger partial charge on any atom is -0.484 e. The van der Waals surface area contributed by atoms with Crippen LogP contribution in [0.1, 0.15) is 32.3 Å². The van der Waals surface area contributed by atoms with Crippen LogP contribution in [0.25, 0.3) is 0 Å². The van der Waals surface area contributed by atoms with E-state index in [1.165, 1.54) is 5.56 Å². The van der Waals surface area contributed by atoms with Crippen molar-refractivity contribution in [3.63, 3.8) is 0 Å². The summed E-state index contributed by atoms with van der Waals surface area (Å²) in [4.78, 5) is 13.9. The molecule has 20 heavy (non-hydrogen) atoms. The van der Waals surface area contributed by atoms with Gasteiger partial charge in [0.25, 0.3) is 5.91 Å². The molecular weight excluding hydrogens is 252 g/mol. The lowest BCUT2D eigenvalue weighted by molar-refractivity contribution is -0.133. The first-order chi connectivity index (χ1) is 9.71. The molecule has 0 saturated carbocycles. The maximum Gasteiger partial charge on any atom is 0.260 e. The second kappa shape index (κ2) is 9.37. The van der Waals surface area contributed by atoms with E-state index in [0.717, 1.165) is 38.1 Å². The summed E-state index contributed by atoms with van der Waals surface area (Å²) >= 11 is 0. The molecule has 0 radical (unpaired) electrons. The van der Waals surface area contributed by atoms with Crippen LogP contribution in [0.3, 0.4) is 0 Å². The number of nitrogens with zero attached hydrogens (tertiary/aromatic N) is 1. The van der Waals surface area contributed by atoms with Crippen molar-refractivity contribution < 1.29 is 9.53 Å². The molecule has 0 aliphatic heterocycles. The maximum absolute atomic E-state index is 12.1. The second-order valence-corrected chi connectivity index (χ2v) is 4.85. The van der Waals surface area contributed by atoms with Gasteiger partial charge in [-0.3, -0.25) is 4.79 Å². The molecule has 0 saturated heterocycles. The first-order valence-corrected chi connectivity index (χ1v) is 7.40. The van der Waals surface area contributed by atoms with Crippen molar-refractivity contribution in [2.24, 2.45) is 5.73 Å². The number of benzene rings is 1. The summed E-state index contributed by atoms with van der Waals surface area (Å²) in [5, 5.41) is 0. The fourth-order valence-electron chi connectivity index (χ4n) is 2.06. The van der Waals surface area contributed by atoms with E-state index in [9.17, 15) is 4.79 Å². The van der Waals surface area contributed by atoms with E-state index in [1.54, 1.807) is 0 Å². The van der Waals surface area contributed by atoms with Gasteiger partial charge in [0.2, 0.25) is 0 Å². The molecule has 2 N–H and O–H groups in total. The minimum absolute atomic E-state index is 0.0553. The van der Waals surface area contributed by atoms with Crippen LogP contribution in [-0.4, -0.2) is 37.0 Å². The summed E-state index contributed by atoms with van der Waals surface area (Å²) in [6.07, 6.45) is 2.80. The zero-order valence-electron chi connectivity index (χ0n) is 12.6. The number of rotatable bonds is 9. The SMILES string of the molecule is CCCN(CCC)C(=O)COc1ccc(CCN)cc1. The molecule has 0 bridgehead atoms. The third-order valence-electron chi connectivity index (χ3n) is 3.06. The summed E-state index contributed by atoms with van der Waals surface area (Å²) in [6.45, 7) is 6.49. The zero-order valence-corrected chi connectivity index (χ0v) is 12.6. The first kappa shape index (κ1) is 16.5. The van der Waals surface area contributed by atoms with Crippen LogP contribution < -0.4 is 10.5 Å². The van der Waals surface area contributed by atoms with Crippen LogP contribution >= 0.6 is 0 Å². The normalized spacial score (nSPS) is 10.3. The number of amides is 1. The molecule has 0 fully saturated rings. The molecule has 0 spiro atoms. The Morgan fingerprint density at radius 2 is 1.75 bits per heavy atom. The summed E-state index contributed by atoms with van der Waals surface area (Å²) in [5.41, 5.74) is 6.69. The number of nitrogens with two attached hydrogens (primary N) is 1. The Labute approximate surface area is 121 Å². The van der Waals surface area contributed by atoms with Crippen LogP contribution in [0.15, 0.2) is 24.3 Å². The van der Waals surface area contributed by atoms with Gasteiger partial charge in [-0.05, 0) is 43.5 Å². The summed E-state index contributed by atoms with van der Waals surface area (Å²) in [7, 11) is 0. The Morgan fingerprint density at radius 1 is 1.15 bits per heavy atom. The van der Waals surface area contributed by atoms with Gasteiger partial charge in [0, 0.05) is 13.1 Å². The molecule has 0 aromatic heterocycles. The van der Waals surface area contributed by atoms with Gasteiger partial charge < -0.3 is 15.4 Å². The molecule has 0 aliphatic carbocycles. The van der Waals surface area contributed by atoms with Crippen LogP contribution in [0.5, 0.6) is 5.75 Å². The molecule has 0 heterocycles. The van der Waals surface area contributed by atoms with Gasteiger partial charge in [-0.1, -0.05) is 26.0 Å². The van der Waals surface area contributed by atoms with E-state index in [2.05, 4.69) is 13.8 Å². The van der Waals surface area contributed by atoms with Gasteiger partial charge in [-0.15, -0.1) is 0 Å². The Kier molecular flexibility index (Phi) is 7.73. The Morgan fingerprint density at radius 3 is 2.25 bits per heavy atom. The van der Waals surface area contributed by atoms with E-state index in [-0.39, 0.29) is 12.5 Å². The smallest absolute Gasteiger partial charge is 0.260 e. The molecule has 4 heteroatoms. The van der Waals surface area contributed by atoms with Crippen molar-refractivity contribution in [3.8, 4) is 5.75 Å². The van der Waals surface area contributed by atoms with Crippen molar-refractivity contribution >= 4 is 5.91 Å². The van der Waals surface area contributed by atoms with Crippen LogP contribution in [0.4, 0.5) is 0 Å². The van der Waals surface area contributed by atoms with Gasteiger partial charge in [0.05, 0.1) is 0 Å². The summed E-state index contributed by atoms with van der Waals surface area (Å²) in [5.74, 6) is 0.784. The molecule has 4 nitrogen and oxygen atoms in total. The number of ether oxygens (including phenoxy) is 1. The fraction of sp³-hybridized carbons (Fsp3) is 0.562. The van der Waals surface area contributed by atoms with Crippen molar-refractivity contribution in [1.82, 2.24) is 4.90 Å². The van der Waals surface area contributed by atoms with Crippen LogP contribution in [-0.2, 0) is 11.2 Å². The Balaban J connectivity index is 2.46. The van der Waals surface area contributed by atoms with E-state index in [0.29, 0.717) is 6.54 Å². The third kappa shape index (κ3) is 5.61. The minimum atomic E-state index is 0.0553. The van der Waals surface area contributed by atoms with E-state index in [4.69, 9.17) is 10.5 Å². The molecule has 1 amide bonds. The average Bonchev–Trinajstić information content (AvgIpc) is 2.46. The van der Waals surface area contributed by atoms with Gasteiger partial charge in [0.1, 0.15) is 5.75 Å². The lowest BCUT2D eigenvalue weighted by Gasteiger charge is -2.21. The van der Waals surface area contributed by atoms with E-state index >= 15 is 0 Å². The summed E-state index contributed by atoms with van der Waals surface area (Å²) in [6, 6.07) is 7.76. The van der Waals surface area contributed by atoms with Crippen molar-refractivity contribution in [2.75, 3.05) is 26.2 Å². The number of hydrogen-bond donors (Lipinski definition) is 1. The predicted molar refractivity (Wildman–Crippen MR) is 81.9 cm³/mol. The molecule has 112 valence electrons. The topological polar surface area (TPSA) is 55.6 Å². The predicted octanol–water partition coefficient (Wildman–Crippen LogP) is 2.22. The number of hydrogen-bond acceptors (Lipinski definition) is 3. The first-order valence-electron chi connectivity index (χ1n) is 7.40. The van der Waals surface area contributed by atoms with Gasteiger partial charge in [-0.2, -0.15) is 0 Å². The molecule has 0 unspecified atom stereocenters. The highest BCUT2D eigenvalue weighted by Gasteiger charge is 2.12. The highest BCUT2D eigenvalue weighted by atomic mass is 16.5. The molecule has 1 aromatic carbocycles. The van der Waals surface area contributed by atoms with Crippen molar-refractivity contribution in [3.05, 3.63) is 29.8 Å². The van der Waals surface area contributed by atoms with Crippen molar-refractivity contribution in [2.45, 2.75) is 33.1 Å². The number of carbonyl (C=O) groups excluding carboxylic acids is 1. The van der Waals surface area contributed by atoms with Gasteiger partial charge in [0.15, 0.2) is 6.61 Å². The third-order valence-corrected chi connectivity index (χ3v) is 3.06. The molecule has 0 atom stereocenters. The monoisotopic (exact) mass is 278 g/mol. The largest absolute Gasteiger partial charge is 0.484 e. The maximum atomic E-state index is 12.1. The molecule has 1 rings (SSSR count). The quantitative estimate of drug-likeness (QED) is 0.753. The molecular formula is C16H26N2O2. The van der Waals surface area contributed by atoms with Gasteiger partial charge in [-0.25, -0.2) is 0 Å². The fourth-order valence-corrected chi connectivity index (χ4v) is 2.06. The standard InChI is InChI=1S/C16H26N2O2/c1-3-11-18(12-4-2)16(19)13-20-15-7-5-14(6-8-15)9-10-17/h5-8H,3-4,9-13,17H2,1-2H3. The van der Waals surface area contributed by atoms with E-state index in [1.807, 2.05) is 29.2 Å². The lowest BCUT2D eigenvalue weighted by atomic mass is 10.1. The molecule has 1 aromatic rings. The second-order valence-electron chi connectivity index (χ2n) is 4.85. The highest BCUT2D eigenvalue weighted by molar-refractivity contribution is 5.77.